The molecular weight excluding hydrogens is 732 g/mol. The number of amidine groups is 1. The minimum atomic E-state index is -5.08. The molecule has 0 bridgehead atoms. The van der Waals surface area contributed by atoms with E-state index in [2.05, 4.69) is 36.6 Å². The number of H-pyrrole nitrogens is 1. The molecule has 4 rings (SSSR count). The van der Waals surface area contributed by atoms with E-state index in [1.807, 2.05) is 54.6 Å². The number of aromatic amines is 1. The third-order valence-electron chi connectivity index (χ3n) is 6.96. The molecule has 0 aliphatic heterocycles. The lowest BCUT2D eigenvalue weighted by Gasteiger charge is -2.21. The number of carbonyl (C=O) groups is 4. The number of carboxylic acids is 2. The van der Waals surface area contributed by atoms with Crippen molar-refractivity contribution in [1.82, 2.24) is 36.6 Å². The number of alkyl halides is 6. The van der Waals surface area contributed by atoms with Crippen LogP contribution in [-0.2, 0) is 38.7 Å². The minimum absolute atomic E-state index is 0.0109. The summed E-state index contributed by atoms with van der Waals surface area (Å²) in [5.74, 6) is -5.54. The standard InChI is InChI=1S/C29H33N9O2.2C2HF3O2/c1-19(28(39)33-18-22-7-12-23(13-8-22)26(30)31)34-29(40)25(16-11-20-5-3-2-4-6-20)32-17-21-9-14-24(15-10-21)27-35-37-38-36-27;2*3-2(4,5)1(6)7/h2-10,12-15,19,25,32H,11,16-18H2,1H3,(H3,30,31)(H,33,39)(H,34,40)(H,35,36,37,38);2*(H,6,7)/t19-,25+;;/m0../s1. The predicted octanol–water partition coefficient (Wildman–Crippen LogP) is 3.33. The summed E-state index contributed by atoms with van der Waals surface area (Å²) in [5, 5.41) is 44.8. The van der Waals surface area contributed by atoms with Gasteiger partial charge in [0.15, 0.2) is 0 Å². The zero-order chi connectivity index (χ0) is 40.5. The quantitative estimate of drug-likeness (QED) is 0.0557. The van der Waals surface area contributed by atoms with E-state index < -0.39 is 36.4 Å². The van der Waals surface area contributed by atoms with E-state index >= 15 is 0 Å². The largest absolute Gasteiger partial charge is 0.490 e. The Bertz CT molecular complexity index is 1780. The number of tetrazole rings is 1. The van der Waals surface area contributed by atoms with Crippen LogP contribution in [0.1, 0.15) is 35.6 Å². The van der Waals surface area contributed by atoms with Crippen LogP contribution >= 0.6 is 0 Å². The number of halogens is 6. The topological polar surface area (TPSA) is 249 Å². The molecule has 0 spiro atoms. The van der Waals surface area contributed by atoms with Gasteiger partial charge in [-0.3, -0.25) is 15.0 Å². The Morgan fingerprint density at radius 3 is 1.80 bits per heavy atom. The van der Waals surface area contributed by atoms with E-state index in [1.54, 1.807) is 31.2 Å². The Morgan fingerprint density at radius 1 is 0.796 bits per heavy atom. The summed E-state index contributed by atoms with van der Waals surface area (Å²) in [6.45, 7) is 2.43. The van der Waals surface area contributed by atoms with E-state index in [-0.39, 0.29) is 17.6 Å². The molecule has 2 atom stereocenters. The fourth-order valence-corrected chi connectivity index (χ4v) is 4.10. The predicted molar refractivity (Wildman–Crippen MR) is 179 cm³/mol. The lowest BCUT2D eigenvalue weighted by Crippen LogP contribution is -2.51. The molecule has 1 aromatic heterocycles. The first-order valence-electron chi connectivity index (χ1n) is 15.5. The Labute approximate surface area is 302 Å². The van der Waals surface area contributed by atoms with E-state index in [9.17, 15) is 35.9 Å². The Balaban J connectivity index is 0.000000610. The molecule has 0 radical (unpaired) electrons. The van der Waals surface area contributed by atoms with E-state index in [0.717, 1.165) is 22.3 Å². The molecule has 0 fully saturated rings. The fourth-order valence-electron chi connectivity index (χ4n) is 4.10. The van der Waals surface area contributed by atoms with Crippen molar-refractivity contribution in [2.45, 2.75) is 57.3 Å². The van der Waals surface area contributed by atoms with Crippen molar-refractivity contribution in [3.63, 3.8) is 0 Å². The van der Waals surface area contributed by atoms with Gasteiger partial charge in [0.25, 0.3) is 0 Å². The van der Waals surface area contributed by atoms with Crippen LogP contribution in [0.4, 0.5) is 26.3 Å². The van der Waals surface area contributed by atoms with Gasteiger partial charge < -0.3 is 31.9 Å². The average Bonchev–Trinajstić information content (AvgIpc) is 3.66. The van der Waals surface area contributed by atoms with Gasteiger partial charge >= 0.3 is 24.3 Å². The number of rotatable bonds is 13. The number of nitrogen functional groups attached to an aromatic ring is 1. The molecule has 2 amide bonds. The van der Waals surface area contributed by atoms with Gasteiger partial charge in [0.2, 0.25) is 17.6 Å². The number of carboxylic acid groups (broad SMARTS) is 2. The molecule has 21 heteroatoms. The number of nitrogens with two attached hydrogens (primary N) is 1. The molecule has 54 heavy (non-hydrogen) atoms. The molecule has 0 saturated heterocycles. The van der Waals surface area contributed by atoms with Gasteiger partial charge in [0, 0.05) is 24.2 Å². The van der Waals surface area contributed by atoms with Crippen molar-refractivity contribution in [2.75, 3.05) is 0 Å². The number of benzene rings is 3. The number of aromatic nitrogens is 4. The number of aliphatic carboxylic acids is 2. The molecule has 15 nitrogen and oxygen atoms in total. The lowest BCUT2D eigenvalue weighted by atomic mass is 10.0. The molecule has 1 heterocycles. The van der Waals surface area contributed by atoms with Crippen LogP contribution in [0, 0.1) is 5.41 Å². The highest BCUT2D eigenvalue weighted by atomic mass is 19.4. The van der Waals surface area contributed by atoms with E-state index in [1.165, 1.54) is 0 Å². The lowest BCUT2D eigenvalue weighted by molar-refractivity contribution is -0.193. The van der Waals surface area contributed by atoms with Crippen molar-refractivity contribution >= 4 is 29.6 Å². The molecule has 0 aliphatic rings. The zero-order valence-electron chi connectivity index (χ0n) is 28.2. The van der Waals surface area contributed by atoms with Crippen LogP contribution in [0.25, 0.3) is 11.4 Å². The van der Waals surface area contributed by atoms with Gasteiger partial charge in [-0.05, 0) is 41.7 Å². The second-order valence-electron chi connectivity index (χ2n) is 11.1. The monoisotopic (exact) mass is 767 g/mol. The van der Waals surface area contributed by atoms with Crippen molar-refractivity contribution in [1.29, 1.82) is 5.41 Å². The van der Waals surface area contributed by atoms with E-state index in [4.69, 9.17) is 30.9 Å². The minimum Gasteiger partial charge on any atom is -0.475 e. The summed E-state index contributed by atoms with van der Waals surface area (Å²) in [7, 11) is 0. The molecule has 0 aliphatic carbocycles. The highest BCUT2D eigenvalue weighted by Gasteiger charge is 2.39. The average molecular weight is 768 g/mol. The van der Waals surface area contributed by atoms with Crippen LogP contribution in [-0.4, -0.2) is 84.9 Å². The number of hydrogen-bond donors (Lipinski definition) is 8. The first-order chi connectivity index (χ1) is 25.3. The molecule has 3 aromatic carbocycles. The third-order valence-corrected chi connectivity index (χ3v) is 6.96. The molecule has 290 valence electrons. The van der Waals surface area contributed by atoms with Gasteiger partial charge in [0.05, 0.1) is 6.04 Å². The first kappa shape index (κ1) is 43.8. The summed E-state index contributed by atoms with van der Waals surface area (Å²) in [5.41, 5.74) is 9.94. The molecule has 9 N–H and O–H groups in total. The summed E-state index contributed by atoms with van der Waals surface area (Å²) in [6.07, 6.45) is -8.90. The van der Waals surface area contributed by atoms with Crippen molar-refractivity contribution < 1.29 is 55.7 Å². The van der Waals surface area contributed by atoms with Crippen LogP contribution < -0.4 is 21.7 Å². The van der Waals surface area contributed by atoms with Crippen molar-refractivity contribution in [3.05, 3.63) is 101 Å². The molecular formula is C33H35F6N9O6. The van der Waals surface area contributed by atoms with Crippen LogP contribution in [0.3, 0.4) is 0 Å². The summed E-state index contributed by atoms with van der Waals surface area (Å²) in [6, 6.07) is 23.5. The normalized spacial score (nSPS) is 12.1. The van der Waals surface area contributed by atoms with E-state index in [0.29, 0.717) is 37.3 Å². The van der Waals surface area contributed by atoms with Gasteiger partial charge in [0.1, 0.15) is 11.9 Å². The molecule has 0 unspecified atom stereocenters. The van der Waals surface area contributed by atoms with Gasteiger partial charge in [-0.25, -0.2) is 9.59 Å². The second kappa shape index (κ2) is 20.6. The highest BCUT2D eigenvalue weighted by Crippen LogP contribution is 2.15. The Kier molecular flexibility index (Phi) is 16.7. The van der Waals surface area contributed by atoms with Gasteiger partial charge in [-0.1, -0.05) is 78.9 Å². The Hall–Kier alpha value is -6.38. The van der Waals surface area contributed by atoms with Crippen LogP contribution in [0.5, 0.6) is 0 Å². The maximum Gasteiger partial charge on any atom is 0.490 e. The highest BCUT2D eigenvalue weighted by molar-refractivity contribution is 5.95. The molecule has 4 aromatic rings. The summed E-state index contributed by atoms with van der Waals surface area (Å²) in [4.78, 5) is 43.8. The van der Waals surface area contributed by atoms with Crippen LogP contribution in [0.15, 0.2) is 78.9 Å². The smallest absolute Gasteiger partial charge is 0.475 e. The fraction of sp³-hybridized carbons (Fsp3) is 0.273. The first-order valence-corrected chi connectivity index (χ1v) is 15.5. The summed E-state index contributed by atoms with van der Waals surface area (Å²) < 4.78 is 63.5. The van der Waals surface area contributed by atoms with Gasteiger partial charge in [-0.2, -0.15) is 31.6 Å². The maximum atomic E-state index is 13.3. The van der Waals surface area contributed by atoms with Crippen molar-refractivity contribution in [2.24, 2.45) is 5.73 Å². The molecule has 0 saturated carbocycles. The second-order valence-corrected chi connectivity index (χ2v) is 11.1. The number of nitrogens with zero attached hydrogens (tertiary/aromatic N) is 3. The number of amides is 2. The number of nitrogens with one attached hydrogen (secondary N) is 5. The number of aryl methyl sites for hydroxylation is 1. The van der Waals surface area contributed by atoms with Crippen LogP contribution in [0.2, 0.25) is 0 Å². The number of carbonyl (C=O) groups excluding carboxylic acids is 2. The SMILES string of the molecule is C[C@H](NC(=O)[C@@H](CCc1ccccc1)NCc1ccc(-c2nn[nH]n2)cc1)C(=O)NCc1ccc(C(=N)N)cc1.O=C(O)C(F)(F)F.O=C(O)C(F)(F)F. The Morgan fingerprint density at radius 2 is 1.31 bits per heavy atom. The maximum absolute atomic E-state index is 13.3. The van der Waals surface area contributed by atoms with Gasteiger partial charge in [-0.15, -0.1) is 10.2 Å². The number of hydrogen-bond acceptors (Lipinski definition) is 9. The third kappa shape index (κ3) is 15.9. The van der Waals surface area contributed by atoms with Crippen molar-refractivity contribution in [3.8, 4) is 11.4 Å². The zero-order valence-corrected chi connectivity index (χ0v) is 28.2. The summed E-state index contributed by atoms with van der Waals surface area (Å²) >= 11 is 0.